The summed E-state index contributed by atoms with van der Waals surface area (Å²) >= 11 is 0. The number of hydrogen-bond acceptors (Lipinski definition) is 5. The van der Waals surface area contributed by atoms with Gasteiger partial charge in [0, 0.05) is 6.10 Å². The molecule has 5 nitrogen and oxygen atoms in total. The van der Waals surface area contributed by atoms with Gasteiger partial charge in [-0.1, -0.05) is 6.58 Å². The van der Waals surface area contributed by atoms with Gasteiger partial charge in [0.25, 0.3) is 0 Å². The predicted molar refractivity (Wildman–Crippen MR) is 53.0 cm³/mol. The third-order valence-electron chi connectivity index (χ3n) is 1.60. The van der Waals surface area contributed by atoms with Crippen molar-refractivity contribution >= 4 is 9.05 Å². The molecule has 0 aliphatic carbocycles. The van der Waals surface area contributed by atoms with Crippen molar-refractivity contribution in [3.05, 3.63) is 12.8 Å². The summed E-state index contributed by atoms with van der Waals surface area (Å²) in [5.74, 6) is 0. The number of hydrogen-bond donors (Lipinski definition) is 3. The van der Waals surface area contributed by atoms with Crippen LogP contribution in [-0.4, -0.2) is 36.1 Å². The van der Waals surface area contributed by atoms with Gasteiger partial charge in [-0.3, -0.25) is 0 Å². The molecule has 0 aliphatic rings. The van der Waals surface area contributed by atoms with E-state index in [0.29, 0.717) is 13.0 Å². The summed E-state index contributed by atoms with van der Waals surface area (Å²) in [6.07, 6.45) is 3.35. The van der Waals surface area contributed by atoms with Crippen molar-refractivity contribution in [3.8, 4) is 0 Å². The van der Waals surface area contributed by atoms with Crippen molar-refractivity contribution in [1.82, 2.24) is 0 Å². The molecule has 0 amide bonds. The SMILES string of the molecule is C=COCCCCC(C)O[Si](O)(O)O. The fourth-order valence-corrected chi connectivity index (χ4v) is 1.69. The Labute approximate surface area is 85.1 Å². The first-order valence-electron chi connectivity index (χ1n) is 4.53. The minimum Gasteiger partial charge on any atom is -0.502 e. The first-order chi connectivity index (χ1) is 6.45. The second-order valence-electron chi connectivity index (χ2n) is 3.04. The van der Waals surface area contributed by atoms with Gasteiger partial charge in [0.2, 0.25) is 0 Å². The van der Waals surface area contributed by atoms with Gasteiger partial charge in [-0.25, -0.2) is 0 Å². The summed E-state index contributed by atoms with van der Waals surface area (Å²) in [6.45, 7) is 5.67. The van der Waals surface area contributed by atoms with Crippen LogP contribution in [0, 0.1) is 0 Å². The Morgan fingerprint density at radius 1 is 1.36 bits per heavy atom. The van der Waals surface area contributed by atoms with Gasteiger partial charge in [0.15, 0.2) is 0 Å². The lowest BCUT2D eigenvalue weighted by atomic mass is 10.2. The van der Waals surface area contributed by atoms with Crippen LogP contribution in [0.3, 0.4) is 0 Å². The topological polar surface area (TPSA) is 79.2 Å². The van der Waals surface area contributed by atoms with Crippen molar-refractivity contribution in [3.63, 3.8) is 0 Å². The van der Waals surface area contributed by atoms with Crippen LogP contribution < -0.4 is 0 Å². The maximum Gasteiger partial charge on any atom is 0.671 e. The zero-order valence-electron chi connectivity index (χ0n) is 8.35. The fraction of sp³-hybridized carbons (Fsp3) is 0.750. The molecule has 0 spiro atoms. The van der Waals surface area contributed by atoms with Crippen molar-refractivity contribution in [2.45, 2.75) is 32.3 Å². The van der Waals surface area contributed by atoms with Crippen molar-refractivity contribution in [2.75, 3.05) is 6.61 Å². The van der Waals surface area contributed by atoms with Crippen LogP contribution in [0.4, 0.5) is 0 Å². The van der Waals surface area contributed by atoms with Gasteiger partial charge >= 0.3 is 9.05 Å². The second kappa shape index (κ2) is 6.96. The maximum absolute atomic E-state index is 8.62. The molecule has 0 saturated heterocycles. The van der Waals surface area contributed by atoms with Gasteiger partial charge in [-0.15, -0.1) is 0 Å². The Morgan fingerprint density at radius 3 is 2.50 bits per heavy atom. The Morgan fingerprint density at radius 2 is 2.00 bits per heavy atom. The van der Waals surface area contributed by atoms with E-state index in [1.165, 1.54) is 6.26 Å². The van der Waals surface area contributed by atoms with E-state index < -0.39 is 9.05 Å². The lowest BCUT2D eigenvalue weighted by Gasteiger charge is -2.16. The Bertz CT molecular complexity index is 156. The highest BCUT2D eigenvalue weighted by atomic mass is 28.4. The lowest BCUT2D eigenvalue weighted by molar-refractivity contribution is 0.0256. The Kier molecular flexibility index (Phi) is 6.76. The molecular weight excluding hydrogens is 204 g/mol. The van der Waals surface area contributed by atoms with Crippen molar-refractivity contribution < 1.29 is 23.5 Å². The highest BCUT2D eigenvalue weighted by Crippen LogP contribution is 2.07. The van der Waals surface area contributed by atoms with E-state index in [1.807, 2.05) is 0 Å². The Hall–Kier alpha value is -0.403. The molecule has 0 aromatic heterocycles. The van der Waals surface area contributed by atoms with Crippen LogP contribution in [0.15, 0.2) is 12.8 Å². The summed E-state index contributed by atoms with van der Waals surface area (Å²) < 4.78 is 9.49. The molecular formula is C8H18O5Si. The molecule has 1 unspecified atom stereocenters. The zero-order valence-corrected chi connectivity index (χ0v) is 9.35. The third kappa shape index (κ3) is 9.68. The van der Waals surface area contributed by atoms with Crippen molar-refractivity contribution in [2.24, 2.45) is 0 Å². The minimum absolute atomic E-state index is 0.356. The first kappa shape index (κ1) is 13.6. The average Bonchev–Trinajstić information content (AvgIpc) is 2.00. The maximum atomic E-state index is 8.62. The standard InChI is InChI=1S/C8H18O5Si/c1-3-12-7-5-4-6-8(2)13-14(9,10)11/h3,8-11H,1,4-7H2,2H3. The van der Waals surface area contributed by atoms with E-state index in [4.69, 9.17) is 19.1 Å². The van der Waals surface area contributed by atoms with Crippen LogP contribution in [0.25, 0.3) is 0 Å². The molecule has 0 aliphatic heterocycles. The monoisotopic (exact) mass is 222 g/mol. The molecule has 0 aromatic rings. The normalized spacial score (nSPS) is 13.7. The van der Waals surface area contributed by atoms with Crippen LogP contribution in [0.2, 0.25) is 0 Å². The van der Waals surface area contributed by atoms with E-state index in [-0.39, 0.29) is 6.10 Å². The molecule has 6 heteroatoms. The number of rotatable bonds is 8. The highest BCUT2D eigenvalue weighted by molar-refractivity contribution is 6.48. The minimum atomic E-state index is -4.34. The molecule has 0 saturated carbocycles. The summed E-state index contributed by atoms with van der Waals surface area (Å²) in [6, 6.07) is 0. The summed E-state index contributed by atoms with van der Waals surface area (Å²) in [7, 11) is -4.34. The molecule has 0 heterocycles. The average molecular weight is 222 g/mol. The molecule has 0 aromatic carbocycles. The van der Waals surface area contributed by atoms with E-state index in [1.54, 1.807) is 6.92 Å². The highest BCUT2D eigenvalue weighted by Gasteiger charge is 2.32. The molecule has 3 N–H and O–H groups in total. The van der Waals surface area contributed by atoms with Gasteiger partial charge < -0.3 is 23.5 Å². The third-order valence-corrected chi connectivity index (χ3v) is 2.32. The molecule has 14 heavy (non-hydrogen) atoms. The second-order valence-corrected chi connectivity index (χ2v) is 4.42. The van der Waals surface area contributed by atoms with Crippen LogP contribution in [0.1, 0.15) is 26.2 Å². The summed E-state index contributed by atoms with van der Waals surface area (Å²) in [4.78, 5) is 25.9. The molecule has 1 atom stereocenters. The summed E-state index contributed by atoms with van der Waals surface area (Å²) in [5.41, 5.74) is 0. The molecule has 0 rings (SSSR count). The van der Waals surface area contributed by atoms with E-state index >= 15 is 0 Å². The first-order valence-corrected chi connectivity index (χ1v) is 6.28. The lowest BCUT2D eigenvalue weighted by Crippen LogP contribution is -2.41. The zero-order chi connectivity index (χ0) is 11.0. The molecule has 0 bridgehead atoms. The molecule has 0 fully saturated rings. The van der Waals surface area contributed by atoms with Crippen LogP contribution in [0.5, 0.6) is 0 Å². The van der Waals surface area contributed by atoms with E-state index in [9.17, 15) is 0 Å². The number of ether oxygens (including phenoxy) is 1. The number of unbranched alkanes of at least 4 members (excludes halogenated alkanes) is 1. The van der Waals surface area contributed by atoms with E-state index in [0.717, 1.165) is 12.8 Å². The quantitative estimate of drug-likeness (QED) is 0.309. The smallest absolute Gasteiger partial charge is 0.502 e. The predicted octanol–water partition coefficient (Wildman–Crippen LogP) is 0.134. The molecule has 0 radical (unpaired) electrons. The van der Waals surface area contributed by atoms with Gasteiger partial charge in [-0.05, 0) is 26.2 Å². The van der Waals surface area contributed by atoms with Crippen LogP contribution in [-0.2, 0) is 9.16 Å². The van der Waals surface area contributed by atoms with Crippen LogP contribution >= 0.6 is 0 Å². The largest absolute Gasteiger partial charge is 0.671 e. The van der Waals surface area contributed by atoms with Gasteiger partial charge in [0.05, 0.1) is 12.9 Å². The Balaban J connectivity index is 3.35. The van der Waals surface area contributed by atoms with Gasteiger partial charge in [-0.2, -0.15) is 0 Å². The summed E-state index contributed by atoms with van der Waals surface area (Å²) in [5, 5.41) is 0. The van der Waals surface area contributed by atoms with Gasteiger partial charge in [0.1, 0.15) is 0 Å². The fourth-order valence-electron chi connectivity index (χ4n) is 1.03. The van der Waals surface area contributed by atoms with Crippen molar-refractivity contribution in [1.29, 1.82) is 0 Å². The molecule has 84 valence electrons. The van der Waals surface area contributed by atoms with E-state index in [2.05, 4.69) is 11.0 Å².